The van der Waals surface area contributed by atoms with Crippen LogP contribution in [0.2, 0.25) is 0 Å². The van der Waals surface area contributed by atoms with Crippen molar-refractivity contribution in [1.82, 2.24) is 4.98 Å². The van der Waals surface area contributed by atoms with Crippen LogP contribution >= 0.6 is 0 Å². The minimum Gasteiger partial charge on any atom is -0.361 e. The fraction of sp³-hybridized carbons (Fsp3) is 0.158. The third kappa shape index (κ3) is 2.64. The van der Waals surface area contributed by atoms with Gasteiger partial charge in [0.2, 0.25) is 0 Å². The molecule has 1 N–H and O–H groups in total. The van der Waals surface area contributed by atoms with E-state index in [1.54, 1.807) is 6.07 Å². The van der Waals surface area contributed by atoms with Gasteiger partial charge in [-0.15, -0.1) is 0 Å². The van der Waals surface area contributed by atoms with Crippen LogP contribution in [0.5, 0.6) is 0 Å². The summed E-state index contributed by atoms with van der Waals surface area (Å²) in [5.74, 6) is 0.231. The molecular weight excluding hydrogens is 272 g/mol. The first kappa shape index (κ1) is 14.1. The molecule has 3 aromatic rings. The van der Waals surface area contributed by atoms with Gasteiger partial charge in [0, 0.05) is 29.1 Å². The highest BCUT2D eigenvalue weighted by molar-refractivity contribution is 5.97. The molecule has 0 bridgehead atoms. The second-order valence-corrected chi connectivity index (χ2v) is 5.51. The van der Waals surface area contributed by atoms with Gasteiger partial charge in [0.15, 0.2) is 5.78 Å². The van der Waals surface area contributed by atoms with Crippen molar-refractivity contribution in [3.63, 3.8) is 0 Å². The maximum Gasteiger partial charge on any atom is 0.163 e. The second-order valence-electron chi connectivity index (χ2n) is 5.51. The van der Waals surface area contributed by atoms with Crippen molar-refractivity contribution in [3.05, 3.63) is 71.4 Å². The molecule has 1 atom stereocenters. The molecule has 2 aromatic carbocycles. The van der Waals surface area contributed by atoms with E-state index >= 15 is 0 Å². The predicted molar refractivity (Wildman–Crippen MR) is 86.8 cm³/mol. The number of aromatic amines is 1. The third-order valence-corrected chi connectivity index (χ3v) is 3.96. The summed E-state index contributed by atoms with van der Waals surface area (Å²) in [4.78, 5) is 15.6. The quantitative estimate of drug-likeness (QED) is 0.723. The lowest BCUT2D eigenvalue weighted by atomic mass is 9.92. The number of rotatable bonds is 4. The Morgan fingerprint density at radius 1 is 1.23 bits per heavy atom. The van der Waals surface area contributed by atoms with E-state index in [9.17, 15) is 4.79 Å². The van der Waals surface area contributed by atoms with Crippen molar-refractivity contribution in [2.75, 3.05) is 0 Å². The monoisotopic (exact) mass is 288 g/mol. The average Bonchev–Trinajstić information content (AvgIpc) is 2.98. The Bertz CT molecular complexity index is 856. The number of fused-ring (bicyclic) bond motifs is 1. The number of ketones is 1. The molecule has 0 aliphatic heterocycles. The van der Waals surface area contributed by atoms with Gasteiger partial charge in [-0.25, -0.2) is 0 Å². The van der Waals surface area contributed by atoms with Crippen molar-refractivity contribution >= 4 is 16.7 Å². The van der Waals surface area contributed by atoms with E-state index < -0.39 is 0 Å². The Hall–Kier alpha value is -2.86. The van der Waals surface area contributed by atoms with Gasteiger partial charge in [-0.2, -0.15) is 5.26 Å². The van der Waals surface area contributed by atoms with E-state index in [0.29, 0.717) is 12.0 Å². The van der Waals surface area contributed by atoms with Crippen LogP contribution in [0.1, 0.15) is 40.7 Å². The van der Waals surface area contributed by atoms with Crippen molar-refractivity contribution in [3.8, 4) is 6.07 Å². The molecule has 1 heterocycles. The zero-order valence-electron chi connectivity index (χ0n) is 12.3. The van der Waals surface area contributed by atoms with Gasteiger partial charge in [-0.3, -0.25) is 4.79 Å². The van der Waals surface area contributed by atoms with Crippen LogP contribution in [0.4, 0.5) is 0 Å². The van der Waals surface area contributed by atoms with Crippen molar-refractivity contribution in [1.29, 1.82) is 5.26 Å². The van der Waals surface area contributed by atoms with E-state index in [1.807, 2.05) is 55.6 Å². The number of nitriles is 1. The molecule has 1 unspecified atom stereocenters. The molecule has 0 aliphatic carbocycles. The number of carbonyl (C=O) groups is 1. The Kier molecular flexibility index (Phi) is 3.76. The van der Waals surface area contributed by atoms with Crippen LogP contribution in [-0.2, 0) is 0 Å². The van der Waals surface area contributed by atoms with Crippen LogP contribution < -0.4 is 0 Å². The van der Waals surface area contributed by atoms with E-state index in [2.05, 4.69) is 11.1 Å². The summed E-state index contributed by atoms with van der Waals surface area (Å²) in [7, 11) is 0. The topological polar surface area (TPSA) is 56.6 Å². The van der Waals surface area contributed by atoms with Gasteiger partial charge >= 0.3 is 0 Å². The lowest BCUT2D eigenvalue weighted by Gasteiger charge is -2.10. The number of hydrogen-bond acceptors (Lipinski definition) is 2. The molecule has 3 heteroatoms. The molecule has 3 rings (SSSR count). The molecule has 22 heavy (non-hydrogen) atoms. The molecule has 0 saturated carbocycles. The van der Waals surface area contributed by atoms with E-state index in [1.165, 1.54) is 0 Å². The van der Waals surface area contributed by atoms with Gasteiger partial charge in [0.25, 0.3) is 0 Å². The highest BCUT2D eigenvalue weighted by atomic mass is 16.1. The van der Waals surface area contributed by atoms with Gasteiger partial charge in [-0.05, 0) is 29.7 Å². The number of nitrogens with one attached hydrogen (secondary N) is 1. The summed E-state index contributed by atoms with van der Waals surface area (Å²) >= 11 is 0. The number of hydrogen-bond donors (Lipinski definition) is 1. The Morgan fingerprint density at radius 2 is 2.00 bits per heavy atom. The first-order valence-electron chi connectivity index (χ1n) is 7.28. The molecule has 0 saturated heterocycles. The number of carbonyl (C=O) groups excluding carboxylic acids is 1. The smallest absolute Gasteiger partial charge is 0.163 e. The largest absolute Gasteiger partial charge is 0.361 e. The van der Waals surface area contributed by atoms with Crippen LogP contribution in [-0.4, -0.2) is 10.8 Å². The molecule has 0 spiro atoms. The number of Topliss-reactive ketones (excluding diaryl/α,β-unsaturated/α-hetero) is 1. The number of nitrogens with zero attached hydrogens (tertiary/aromatic N) is 1. The van der Waals surface area contributed by atoms with Gasteiger partial charge in [0.1, 0.15) is 0 Å². The number of benzene rings is 2. The van der Waals surface area contributed by atoms with Gasteiger partial charge < -0.3 is 4.98 Å². The molecule has 0 aliphatic rings. The van der Waals surface area contributed by atoms with Crippen LogP contribution in [0, 0.1) is 11.3 Å². The first-order valence-corrected chi connectivity index (χ1v) is 7.28. The molecule has 0 fully saturated rings. The summed E-state index contributed by atoms with van der Waals surface area (Å²) in [5, 5.41) is 10.1. The van der Waals surface area contributed by atoms with Crippen molar-refractivity contribution in [2.45, 2.75) is 19.3 Å². The van der Waals surface area contributed by atoms with Crippen molar-refractivity contribution < 1.29 is 4.79 Å². The molecular formula is C19H16N2O. The minimum atomic E-state index is 0.0930. The van der Waals surface area contributed by atoms with Crippen molar-refractivity contribution in [2.24, 2.45) is 0 Å². The summed E-state index contributed by atoms with van der Waals surface area (Å²) in [6.45, 7) is 2.04. The molecule has 0 radical (unpaired) electrons. The number of H-pyrrole nitrogens is 1. The average molecular weight is 288 g/mol. The molecule has 3 nitrogen and oxygen atoms in total. The third-order valence-electron chi connectivity index (χ3n) is 3.96. The summed E-state index contributed by atoms with van der Waals surface area (Å²) in [5.41, 5.74) is 3.45. The van der Waals surface area contributed by atoms with E-state index in [-0.39, 0.29) is 11.7 Å². The molecule has 0 amide bonds. The zero-order chi connectivity index (χ0) is 15.5. The highest BCUT2D eigenvalue weighted by Crippen LogP contribution is 2.29. The van der Waals surface area contributed by atoms with Crippen LogP contribution in [0.3, 0.4) is 0 Å². The van der Waals surface area contributed by atoms with Gasteiger partial charge in [0.05, 0.1) is 11.6 Å². The fourth-order valence-electron chi connectivity index (χ4n) is 2.75. The standard InChI is InChI=1S/C19H16N2O/c1-13(9-19(22)15-5-3-2-4-6-15)17-12-21-18-8-7-14(11-20)10-16(17)18/h2-8,10,12-13,21H,9H2,1H3. The minimum absolute atomic E-state index is 0.0930. The zero-order valence-corrected chi connectivity index (χ0v) is 12.3. The Balaban J connectivity index is 1.88. The summed E-state index contributed by atoms with van der Waals surface area (Å²) < 4.78 is 0. The summed E-state index contributed by atoms with van der Waals surface area (Å²) in [6.07, 6.45) is 2.39. The molecule has 108 valence electrons. The molecule has 1 aromatic heterocycles. The Labute approximate surface area is 129 Å². The normalized spacial score (nSPS) is 12.0. The van der Waals surface area contributed by atoms with E-state index in [0.717, 1.165) is 22.0 Å². The predicted octanol–water partition coefficient (Wildman–Crippen LogP) is 4.42. The van der Waals surface area contributed by atoms with Crippen LogP contribution in [0.15, 0.2) is 54.7 Å². The number of aromatic nitrogens is 1. The lowest BCUT2D eigenvalue weighted by molar-refractivity contribution is 0.0976. The lowest BCUT2D eigenvalue weighted by Crippen LogP contribution is -2.04. The summed E-state index contributed by atoms with van der Waals surface area (Å²) in [6, 6.07) is 17.1. The maximum atomic E-state index is 12.3. The maximum absolute atomic E-state index is 12.3. The van der Waals surface area contributed by atoms with Crippen LogP contribution in [0.25, 0.3) is 10.9 Å². The highest BCUT2D eigenvalue weighted by Gasteiger charge is 2.16. The Morgan fingerprint density at radius 3 is 2.73 bits per heavy atom. The SMILES string of the molecule is CC(CC(=O)c1ccccc1)c1c[nH]c2ccc(C#N)cc12. The second kappa shape index (κ2) is 5.87. The first-order chi connectivity index (χ1) is 10.7. The van der Waals surface area contributed by atoms with E-state index in [4.69, 9.17) is 5.26 Å². The fourth-order valence-corrected chi connectivity index (χ4v) is 2.75. The van der Waals surface area contributed by atoms with Gasteiger partial charge in [-0.1, -0.05) is 37.3 Å².